The van der Waals surface area contributed by atoms with Crippen LogP contribution in [0.5, 0.6) is 0 Å². The summed E-state index contributed by atoms with van der Waals surface area (Å²) in [5.41, 5.74) is 2.86. The zero-order valence-electron chi connectivity index (χ0n) is 16.0. The Bertz CT molecular complexity index is 953. The van der Waals surface area contributed by atoms with E-state index in [1.807, 2.05) is 36.9 Å². The first-order valence-electron chi connectivity index (χ1n) is 9.11. The van der Waals surface area contributed by atoms with Gasteiger partial charge in [0.05, 0.1) is 11.4 Å². The molecular formula is C20H24FN3O3S. The number of halogens is 1. The quantitative estimate of drug-likeness (QED) is 0.829. The molecule has 2 aromatic carbocycles. The number of carbonyl (C=O) groups excluding carboxylic acids is 1. The van der Waals surface area contributed by atoms with Crippen LogP contribution in [0.3, 0.4) is 0 Å². The van der Waals surface area contributed by atoms with Crippen LogP contribution in [0.15, 0.2) is 47.4 Å². The lowest BCUT2D eigenvalue weighted by molar-refractivity contribution is -0.117. The van der Waals surface area contributed by atoms with E-state index in [0.717, 1.165) is 28.9 Å². The van der Waals surface area contributed by atoms with Gasteiger partial charge in [-0.1, -0.05) is 12.1 Å². The molecule has 0 aromatic heterocycles. The van der Waals surface area contributed by atoms with Crippen LogP contribution in [0.1, 0.15) is 11.1 Å². The number of hydrogen-bond donors (Lipinski definition) is 1. The van der Waals surface area contributed by atoms with E-state index < -0.39 is 15.8 Å². The highest BCUT2D eigenvalue weighted by Crippen LogP contribution is 2.19. The van der Waals surface area contributed by atoms with E-state index in [4.69, 9.17) is 0 Å². The summed E-state index contributed by atoms with van der Waals surface area (Å²) in [5, 5.41) is 2.92. The van der Waals surface area contributed by atoms with Crippen LogP contribution < -0.4 is 5.32 Å². The van der Waals surface area contributed by atoms with Crippen molar-refractivity contribution in [2.24, 2.45) is 0 Å². The first-order chi connectivity index (χ1) is 13.3. The average Bonchev–Trinajstić information content (AvgIpc) is 2.65. The van der Waals surface area contributed by atoms with Gasteiger partial charge in [-0.2, -0.15) is 4.31 Å². The Morgan fingerprint density at radius 3 is 2.32 bits per heavy atom. The molecule has 0 spiro atoms. The van der Waals surface area contributed by atoms with Crippen molar-refractivity contribution < 1.29 is 17.6 Å². The second-order valence-electron chi connectivity index (χ2n) is 7.00. The van der Waals surface area contributed by atoms with Gasteiger partial charge >= 0.3 is 0 Å². The minimum absolute atomic E-state index is 0.0787. The molecule has 3 rings (SSSR count). The van der Waals surface area contributed by atoms with Crippen LogP contribution in [0, 0.1) is 19.7 Å². The number of nitrogens with one attached hydrogen (secondary N) is 1. The van der Waals surface area contributed by atoms with Gasteiger partial charge in [-0.25, -0.2) is 12.8 Å². The Balaban J connectivity index is 1.55. The summed E-state index contributed by atoms with van der Waals surface area (Å²) in [6.07, 6.45) is 0. The number of benzene rings is 2. The lowest BCUT2D eigenvalue weighted by Crippen LogP contribution is -2.50. The number of sulfonamides is 1. The number of hydrogen-bond acceptors (Lipinski definition) is 4. The predicted octanol–water partition coefficient (Wildman–Crippen LogP) is 2.39. The molecule has 1 fully saturated rings. The van der Waals surface area contributed by atoms with Gasteiger partial charge in [-0.05, 0) is 55.3 Å². The Hall–Kier alpha value is -2.29. The third-order valence-corrected chi connectivity index (χ3v) is 6.73. The average molecular weight is 405 g/mol. The van der Waals surface area contributed by atoms with Crippen molar-refractivity contribution in [1.29, 1.82) is 0 Å². The van der Waals surface area contributed by atoms with Crippen molar-refractivity contribution in [3.05, 3.63) is 59.4 Å². The normalized spacial score (nSPS) is 16.1. The lowest BCUT2D eigenvalue weighted by Gasteiger charge is -2.33. The van der Waals surface area contributed by atoms with Gasteiger partial charge in [-0.3, -0.25) is 9.69 Å². The fourth-order valence-corrected chi connectivity index (χ4v) is 4.57. The fraction of sp³-hybridized carbons (Fsp3) is 0.350. The first kappa shape index (κ1) is 20.4. The van der Waals surface area contributed by atoms with Gasteiger partial charge in [0.2, 0.25) is 15.9 Å². The highest BCUT2D eigenvalue weighted by molar-refractivity contribution is 7.89. The van der Waals surface area contributed by atoms with E-state index in [9.17, 15) is 17.6 Å². The molecule has 0 unspecified atom stereocenters. The van der Waals surface area contributed by atoms with Crippen LogP contribution in [-0.4, -0.2) is 56.3 Å². The second-order valence-corrected chi connectivity index (χ2v) is 8.94. The molecule has 150 valence electrons. The summed E-state index contributed by atoms with van der Waals surface area (Å²) >= 11 is 0. The molecule has 2 aromatic rings. The Labute approximate surface area is 165 Å². The highest BCUT2D eigenvalue weighted by atomic mass is 32.2. The van der Waals surface area contributed by atoms with Gasteiger partial charge < -0.3 is 5.32 Å². The lowest BCUT2D eigenvalue weighted by atomic mass is 10.1. The zero-order chi connectivity index (χ0) is 20.3. The number of anilines is 1. The zero-order valence-corrected chi connectivity index (χ0v) is 16.8. The maximum absolute atomic E-state index is 13.0. The van der Waals surface area contributed by atoms with Gasteiger partial charge in [0, 0.05) is 31.9 Å². The number of amides is 1. The molecular weight excluding hydrogens is 381 g/mol. The van der Waals surface area contributed by atoms with E-state index in [1.54, 1.807) is 0 Å². The molecule has 0 saturated carbocycles. The van der Waals surface area contributed by atoms with Gasteiger partial charge in [0.15, 0.2) is 0 Å². The molecule has 0 atom stereocenters. The number of nitrogens with zero attached hydrogens (tertiary/aromatic N) is 2. The van der Waals surface area contributed by atoms with E-state index in [2.05, 4.69) is 5.32 Å². The molecule has 1 aliphatic heterocycles. The third-order valence-electron chi connectivity index (χ3n) is 4.82. The van der Waals surface area contributed by atoms with Gasteiger partial charge in [0.25, 0.3) is 0 Å². The molecule has 6 nitrogen and oxygen atoms in total. The summed E-state index contributed by atoms with van der Waals surface area (Å²) in [4.78, 5) is 14.4. The Kier molecular flexibility index (Phi) is 6.12. The topological polar surface area (TPSA) is 69.7 Å². The third kappa shape index (κ3) is 4.76. The second kappa shape index (κ2) is 8.38. The van der Waals surface area contributed by atoms with Crippen molar-refractivity contribution in [3.8, 4) is 0 Å². The molecule has 1 N–H and O–H groups in total. The summed E-state index contributed by atoms with van der Waals surface area (Å²) in [5.74, 6) is -0.595. The summed E-state index contributed by atoms with van der Waals surface area (Å²) < 4.78 is 39.7. The van der Waals surface area contributed by atoms with Crippen molar-refractivity contribution in [3.63, 3.8) is 0 Å². The van der Waals surface area contributed by atoms with Crippen LogP contribution in [0.4, 0.5) is 10.1 Å². The molecule has 28 heavy (non-hydrogen) atoms. The summed E-state index contributed by atoms with van der Waals surface area (Å²) in [6.45, 7) is 5.61. The number of piperazine rings is 1. The smallest absolute Gasteiger partial charge is 0.243 e. The number of rotatable bonds is 5. The van der Waals surface area contributed by atoms with Gasteiger partial charge in [-0.15, -0.1) is 0 Å². The molecule has 1 heterocycles. The van der Waals surface area contributed by atoms with Crippen LogP contribution in [0.2, 0.25) is 0 Å². The first-order valence-corrected chi connectivity index (χ1v) is 10.5. The maximum Gasteiger partial charge on any atom is 0.243 e. The van der Waals surface area contributed by atoms with Crippen molar-refractivity contribution >= 4 is 21.6 Å². The summed E-state index contributed by atoms with van der Waals surface area (Å²) in [7, 11) is -3.65. The monoisotopic (exact) mass is 405 g/mol. The standard InChI is InChI=1S/C20H24FN3O3S/c1-15-3-4-16(2)19(13-15)22-20(25)14-23-9-11-24(12-10-23)28(26,27)18-7-5-17(21)6-8-18/h3-8,13H,9-12,14H2,1-2H3,(H,22,25). The maximum atomic E-state index is 13.0. The summed E-state index contributed by atoms with van der Waals surface area (Å²) in [6, 6.07) is 10.7. The highest BCUT2D eigenvalue weighted by Gasteiger charge is 2.29. The SMILES string of the molecule is Cc1ccc(C)c(NC(=O)CN2CCN(S(=O)(=O)c3ccc(F)cc3)CC2)c1. The Morgan fingerprint density at radius 1 is 1.04 bits per heavy atom. The van der Waals surface area contributed by atoms with E-state index in [1.165, 1.54) is 16.4 Å². The predicted molar refractivity (Wildman–Crippen MR) is 106 cm³/mol. The van der Waals surface area contributed by atoms with E-state index >= 15 is 0 Å². The fourth-order valence-electron chi connectivity index (χ4n) is 3.15. The molecule has 1 aliphatic rings. The number of aryl methyl sites for hydroxylation is 2. The molecule has 1 saturated heterocycles. The van der Waals surface area contributed by atoms with Crippen molar-refractivity contribution in [2.75, 3.05) is 38.0 Å². The molecule has 0 bridgehead atoms. The molecule has 8 heteroatoms. The molecule has 0 aliphatic carbocycles. The molecule has 1 amide bonds. The van der Waals surface area contributed by atoms with E-state index in [-0.39, 0.29) is 30.4 Å². The largest absolute Gasteiger partial charge is 0.325 e. The van der Waals surface area contributed by atoms with Crippen molar-refractivity contribution in [2.45, 2.75) is 18.7 Å². The minimum Gasteiger partial charge on any atom is -0.325 e. The minimum atomic E-state index is -3.65. The van der Waals surface area contributed by atoms with Crippen LogP contribution in [-0.2, 0) is 14.8 Å². The Morgan fingerprint density at radius 2 is 1.68 bits per heavy atom. The van der Waals surface area contributed by atoms with Crippen molar-refractivity contribution in [1.82, 2.24) is 9.21 Å². The molecule has 0 radical (unpaired) electrons. The number of carbonyl (C=O) groups is 1. The van der Waals surface area contributed by atoms with Gasteiger partial charge in [0.1, 0.15) is 5.82 Å². The van der Waals surface area contributed by atoms with Crippen LogP contribution >= 0.6 is 0 Å². The van der Waals surface area contributed by atoms with Crippen LogP contribution in [0.25, 0.3) is 0 Å². The van der Waals surface area contributed by atoms with E-state index in [0.29, 0.717) is 13.1 Å².